The predicted octanol–water partition coefficient (Wildman–Crippen LogP) is 2.79. The van der Waals surface area contributed by atoms with Gasteiger partial charge in [-0.1, -0.05) is 26.0 Å². The molecule has 0 spiro atoms. The average molecular weight is 421 g/mol. The van der Waals surface area contributed by atoms with E-state index in [2.05, 4.69) is 13.8 Å². The number of ether oxygens (including phenoxy) is 1. The summed E-state index contributed by atoms with van der Waals surface area (Å²) in [6, 6.07) is 7.70. The summed E-state index contributed by atoms with van der Waals surface area (Å²) in [5, 5.41) is 19.4. The number of carbonyl (C=O) groups is 2. The molecule has 0 saturated carbocycles. The lowest BCUT2D eigenvalue weighted by atomic mass is 9.87. The minimum atomic E-state index is -1.57. The molecule has 0 aromatic heterocycles. The Balaban J connectivity index is 2.02. The number of hydrogen-bond acceptors (Lipinski definition) is 5. The largest absolute Gasteiger partial charge is 0.497 e. The fourth-order valence-electron chi connectivity index (χ4n) is 4.34. The summed E-state index contributed by atoms with van der Waals surface area (Å²) in [4.78, 5) is 26.9. The highest BCUT2D eigenvalue weighted by Gasteiger charge is 2.36. The first-order chi connectivity index (χ1) is 14.3. The highest BCUT2D eigenvalue weighted by Crippen LogP contribution is 2.26. The van der Waals surface area contributed by atoms with Crippen LogP contribution in [0.25, 0.3) is 0 Å². The Morgan fingerprint density at radius 1 is 1.27 bits per heavy atom. The molecule has 168 valence electrons. The molecule has 2 amide bonds. The van der Waals surface area contributed by atoms with E-state index in [9.17, 15) is 14.7 Å². The van der Waals surface area contributed by atoms with Gasteiger partial charge in [-0.2, -0.15) is 0 Å². The minimum absolute atomic E-state index is 0.200. The SMILES string of the molecule is COc1ccc(CCC[C@@H](C(=O)N2CCC[C@@H](CC(C)C)C2)[C@H](O)C(=O)NO)cc1. The fourth-order valence-corrected chi connectivity index (χ4v) is 4.34. The Morgan fingerprint density at radius 3 is 2.57 bits per heavy atom. The second kappa shape index (κ2) is 11.9. The topological polar surface area (TPSA) is 99.1 Å². The van der Waals surface area contributed by atoms with Crippen molar-refractivity contribution in [3.05, 3.63) is 29.8 Å². The highest BCUT2D eigenvalue weighted by molar-refractivity contribution is 5.88. The van der Waals surface area contributed by atoms with E-state index in [0.717, 1.165) is 37.0 Å². The van der Waals surface area contributed by atoms with Gasteiger partial charge in [0.2, 0.25) is 5.91 Å². The summed E-state index contributed by atoms with van der Waals surface area (Å²) in [5.74, 6) is -0.207. The molecule has 1 aliphatic rings. The van der Waals surface area contributed by atoms with Crippen LogP contribution in [0.4, 0.5) is 0 Å². The maximum absolute atomic E-state index is 13.2. The van der Waals surface area contributed by atoms with Crippen LogP contribution in [-0.2, 0) is 16.0 Å². The Hall–Kier alpha value is -2.12. The molecule has 3 N–H and O–H groups in total. The fraction of sp³-hybridized carbons (Fsp3) is 0.652. The zero-order chi connectivity index (χ0) is 22.1. The van der Waals surface area contributed by atoms with Crippen molar-refractivity contribution in [2.75, 3.05) is 20.2 Å². The van der Waals surface area contributed by atoms with Crippen LogP contribution in [0.2, 0.25) is 0 Å². The summed E-state index contributed by atoms with van der Waals surface area (Å²) in [7, 11) is 1.62. The quantitative estimate of drug-likeness (QED) is 0.399. The Labute approximate surface area is 179 Å². The number of nitrogens with one attached hydrogen (secondary N) is 1. The number of rotatable bonds is 10. The lowest BCUT2D eigenvalue weighted by Gasteiger charge is -2.36. The molecular weight excluding hydrogens is 384 g/mol. The molecule has 2 rings (SSSR count). The summed E-state index contributed by atoms with van der Waals surface area (Å²) >= 11 is 0. The number of benzene rings is 1. The van der Waals surface area contributed by atoms with Crippen molar-refractivity contribution in [3.8, 4) is 5.75 Å². The summed E-state index contributed by atoms with van der Waals surface area (Å²) in [6.45, 7) is 5.67. The van der Waals surface area contributed by atoms with Gasteiger partial charge in [0.15, 0.2) is 0 Å². The van der Waals surface area contributed by atoms with Crippen molar-refractivity contribution >= 4 is 11.8 Å². The maximum Gasteiger partial charge on any atom is 0.272 e. The third-order valence-corrected chi connectivity index (χ3v) is 5.85. The Morgan fingerprint density at radius 2 is 1.97 bits per heavy atom. The van der Waals surface area contributed by atoms with E-state index in [-0.39, 0.29) is 5.91 Å². The van der Waals surface area contributed by atoms with Crippen LogP contribution in [-0.4, -0.2) is 53.3 Å². The van der Waals surface area contributed by atoms with Gasteiger partial charge in [-0.3, -0.25) is 14.8 Å². The van der Waals surface area contributed by atoms with Crippen molar-refractivity contribution < 1.29 is 24.6 Å². The summed E-state index contributed by atoms with van der Waals surface area (Å²) in [6.07, 6.45) is 3.26. The minimum Gasteiger partial charge on any atom is -0.497 e. The van der Waals surface area contributed by atoms with Crippen LogP contribution in [0.5, 0.6) is 5.75 Å². The molecular formula is C23H36N2O5. The van der Waals surface area contributed by atoms with E-state index in [0.29, 0.717) is 37.8 Å². The molecule has 1 fully saturated rings. The number of hydroxylamine groups is 1. The highest BCUT2D eigenvalue weighted by atomic mass is 16.5. The molecule has 1 aromatic rings. The Kier molecular flexibility index (Phi) is 9.59. The normalized spacial score (nSPS) is 18.7. The lowest BCUT2D eigenvalue weighted by molar-refractivity contribution is -0.151. The molecule has 1 aliphatic heterocycles. The van der Waals surface area contributed by atoms with Gasteiger partial charge in [0.1, 0.15) is 11.9 Å². The van der Waals surface area contributed by atoms with Crippen LogP contribution in [0.1, 0.15) is 51.5 Å². The number of aliphatic hydroxyl groups excluding tert-OH is 1. The van der Waals surface area contributed by atoms with E-state index in [1.807, 2.05) is 24.3 Å². The number of nitrogens with zero attached hydrogens (tertiary/aromatic N) is 1. The summed E-state index contributed by atoms with van der Waals surface area (Å²) in [5.41, 5.74) is 2.58. The number of carbonyl (C=O) groups excluding carboxylic acids is 2. The molecule has 0 radical (unpaired) electrons. The number of amides is 2. The van der Waals surface area contributed by atoms with Crippen molar-refractivity contribution in [3.63, 3.8) is 0 Å². The van der Waals surface area contributed by atoms with Crippen molar-refractivity contribution in [2.24, 2.45) is 17.8 Å². The number of piperidine rings is 1. The van der Waals surface area contributed by atoms with Crippen LogP contribution in [0.15, 0.2) is 24.3 Å². The first-order valence-corrected chi connectivity index (χ1v) is 10.9. The van der Waals surface area contributed by atoms with E-state index < -0.39 is 17.9 Å². The maximum atomic E-state index is 13.2. The second-order valence-electron chi connectivity index (χ2n) is 8.69. The molecule has 7 heteroatoms. The molecule has 1 heterocycles. The van der Waals surface area contributed by atoms with E-state index >= 15 is 0 Å². The van der Waals surface area contributed by atoms with Gasteiger partial charge in [0.05, 0.1) is 13.0 Å². The molecule has 3 atom stereocenters. The van der Waals surface area contributed by atoms with Crippen molar-refractivity contribution in [2.45, 2.75) is 58.5 Å². The molecule has 7 nitrogen and oxygen atoms in total. The molecule has 0 aliphatic carbocycles. The smallest absolute Gasteiger partial charge is 0.272 e. The van der Waals surface area contributed by atoms with Crippen LogP contribution < -0.4 is 10.2 Å². The number of likely N-dealkylation sites (tertiary alicyclic amines) is 1. The monoisotopic (exact) mass is 420 g/mol. The van der Waals surface area contributed by atoms with Crippen LogP contribution >= 0.6 is 0 Å². The molecule has 0 bridgehead atoms. The molecule has 0 unspecified atom stereocenters. The van der Waals surface area contributed by atoms with E-state index in [1.54, 1.807) is 12.0 Å². The summed E-state index contributed by atoms with van der Waals surface area (Å²) < 4.78 is 5.16. The van der Waals surface area contributed by atoms with E-state index in [4.69, 9.17) is 9.94 Å². The number of aryl methyl sites for hydroxylation is 1. The standard InChI is InChI=1S/C23H36N2O5/c1-16(2)14-18-7-5-13-25(15-18)23(28)20(21(26)22(27)24-29)8-4-6-17-9-11-19(30-3)12-10-17/h9-12,16,18,20-21,26,29H,4-8,13-15H2,1-3H3,(H,24,27)/t18-,20+,21-/m0/s1. The van der Waals surface area contributed by atoms with Gasteiger partial charge >= 0.3 is 0 Å². The van der Waals surface area contributed by atoms with Gasteiger partial charge in [0.25, 0.3) is 5.91 Å². The van der Waals surface area contributed by atoms with E-state index in [1.165, 1.54) is 5.48 Å². The van der Waals surface area contributed by atoms with Crippen molar-refractivity contribution in [1.82, 2.24) is 10.4 Å². The third-order valence-electron chi connectivity index (χ3n) is 5.85. The Bertz CT molecular complexity index is 677. The van der Waals surface area contributed by atoms with Crippen molar-refractivity contribution in [1.29, 1.82) is 0 Å². The zero-order valence-electron chi connectivity index (χ0n) is 18.3. The third kappa shape index (κ3) is 6.99. The van der Waals surface area contributed by atoms with Gasteiger partial charge in [-0.05, 0) is 68.1 Å². The number of hydrogen-bond donors (Lipinski definition) is 3. The average Bonchev–Trinajstić information content (AvgIpc) is 2.75. The zero-order valence-corrected chi connectivity index (χ0v) is 18.3. The lowest BCUT2D eigenvalue weighted by Crippen LogP contribution is -2.49. The molecule has 1 saturated heterocycles. The number of aliphatic hydroxyl groups is 1. The van der Waals surface area contributed by atoms with Crippen LogP contribution in [0, 0.1) is 17.8 Å². The first-order valence-electron chi connectivity index (χ1n) is 10.9. The van der Waals surface area contributed by atoms with Crippen LogP contribution in [0.3, 0.4) is 0 Å². The second-order valence-corrected chi connectivity index (χ2v) is 8.69. The van der Waals surface area contributed by atoms with Gasteiger partial charge in [0, 0.05) is 13.1 Å². The van der Waals surface area contributed by atoms with Gasteiger partial charge < -0.3 is 14.7 Å². The van der Waals surface area contributed by atoms with Gasteiger partial charge in [-0.25, -0.2) is 5.48 Å². The first kappa shape index (κ1) is 24.2. The molecule has 30 heavy (non-hydrogen) atoms. The molecule has 1 aromatic carbocycles. The predicted molar refractivity (Wildman–Crippen MR) is 114 cm³/mol. The van der Waals surface area contributed by atoms with Gasteiger partial charge in [-0.15, -0.1) is 0 Å². The number of methoxy groups -OCH3 is 1.